The summed E-state index contributed by atoms with van der Waals surface area (Å²) in [5.74, 6) is -0.785. The predicted molar refractivity (Wildman–Crippen MR) is 313 cm³/mol. The van der Waals surface area contributed by atoms with Gasteiger partial charge in [-0.25, -0.2) is 4.39 Å². The lowest BCUT2D eigenvalue weighted by Gasteiger charge is -2.24. The molecule has 8 N–H and O–H groups in total. The van der Waals surface area contributed by atoms with E-state index in [1.165, 1.54) is 36.4 Å². The van der Waals surface area contributed by atoms with Gasteiger partial charge in [0.2, 0.25) is 0 Å². The molecule has 0 spiro atoms. The van der Waals surface area contributed by atoms with Crippen molar-refractivity contribution in [1.82, 2.24) is 0 Å². The highest BCUT2D eigenvalue weighted by Crippen LogP contribution is 2.42. The molecule has 0 radical (unpaired) electrons. The second kappa shape index (κ2) is 27.5. The number of hydrogen-bond donors (Lipinski definition) is 8. The number of rotatable bonds is 12. The Morgan fingerprint density at radius 3 is 1.01 bits per heavy atom. The number of methoxy groups -OCH3 is 2. The van der Waals surface area contributed by atoms with Crippen LogP contribution in [-0.2, 0) is 27.1 Å². The molecule has 0 fully saturated rings. The van der Waals surface area contributed by atoms with Crippen LogP contribution in [0.15, 0.2) is 66.7 Å². The Morgan fingerprint density at radius 1 is 0.366 bits per heavy atom. The first-order valence-corrected chi connectivity index (χ1v) is 26.9. The van der Waals surface area contributed by atoms with E-state index in [1.54, 1.807) is 25.3 Å². The fourth-order valence-corrected chi connectivity index (χ4v) is 7.89. The minimum atomic E-state index is -0.633. The van der Waals surface area contributed by atoms with E-state index in [0.29, 0.717) is 15.1 Å². The van der Waals surface area contributed by atoms with Crippen molar-refractivity contribution in [3.63, 3.8) is 0 Å². The summed E-state index contributed by atoms with van der Waals surface area (Å²) in [5, 5.41) is 75.2. The van der Waals surface area contributed by atoms with Gasteiger partial charge in [-0.3, -0.25) is 0 Å². The SMILES string of the molecule is CCC(C)(C)c1cc(F)c(O)c(OC)c1.CCC(C)(C)c1cc(I)c(O)c(OC)c1.CCC(C)(C)c1cc(O)c(O)c(I)c1.CCC(C)(C)c1cc(O)c(O)c(O)c1.CCC(C)(C)c1ccc(O)c(I)c1. The number of ether oxygens (including phenoxy) is 2. The van der Waals surface area contributed by atoms with Gasteiger partial charge in [0.15, 0.2) is 57.6 Å². The Hall–Kier alpha value is -3.78. The van der Waals surface area contributed by atoms with Gasteiger partial charge in [0.1, 0.15) is 5.75 Å². The zero-order valence-electron chi connectivity index (χ0n) is 44.8. The Morgan fingerprint density at radius 2 is 0.662 bits per heavy atom. The largest absolute Gasteiger partial charge is 0.507 e. The van der Waals surface area contributed by atoms with E-state index in [1.807, 2.05) is 88.4 Å². The standard InChI is InChI=1S/C12H17FO2.C12H17IO2.C11H15IO2.C11H15IO.C11H16O3/c2*1-5-12(2,3)8-6-9(13)11(14)10(7-8)15-4;1-4-11(2,3)7-5-8(12)10(14)9(13)6-7;1-4-11(2,3)8-5-6-10(13)9(12)7-8;1-4-11(2,3)7-5-8(12)10(14)9(13)6-7/h2*6-7,14H,5H2,1-4H3;5-6,13-14H,4H2,1-3H3;5-7,13H,4H2,1-3H3;5-6,12-14H,4H2,1-3H3. The molecule has 71 heavy (non-hydrogen) atoms. The average Bonchev–Trinajstić information content (AvgIpc) is 3.32. The average molecular weight is 1320 g/mol. The molecule has 0 aromatic heterocycles. The number of phenolic OH excluding ortho intramolecular Hbond substituents is 8. The molecule has 0 atom stereocenters. The molecule has 0 bridgehead atoms. The van der Waals surface area contributed by atoms with Crippen LogP contribution in [0.3, 0.4) is 0 Å². The third-order valence-corrected chi connectivity index (χ3v) is 16.4. The van der Waals surface area contributed by atoms with Crippen LogP contribution >= 0.6 is 67.8 Å². The second-order valence-electron chi connectivity index (χ2n) is 20.6. The van der Waals surface area contributed by atoms with Crippen LogP contribution in [0.5, 0.6) is 57.5 Å². The van der Waals surface area contributed by atoms with Crippen LogP contribution in [0, 0.1) is 16.5 Å². The molecule has 0 heterocycles. The molecule has 0 saturated heterocycles. The predicted octanol–water partition coefficient (Wildman–Crippen LogP) is 16.5. The molecular formula is C57H80FI3O10. The van der Waals surface area contributed by atoms with Gasteiger partial charge in [0.25, 0.3) is 0 Å². The summed E-state index contributed by atoms with van der Waals surface area (Å²) in [4.78, 5) is 0. The number of halogens is 4. The molecule has 5 aromatic carbocycles. The normalized spacial score (nSPS) is 11.6. The first-order valence-electron chi connectivity index (χ1n) is 23.7. The van der Waals surface area contributed by atoms with E-state index in [2.05, 4.69) is 114 Å². The van der Waals surface area contributed by atoms with Crippen molar-refractivity contribution >= 4 is 67.8 Å². The van der Waals surface area contributed by atoms with Crippen molar-refractivity contribution in [2.45, 2.75) is 163 Å². The smallest absolute Gasteiger partial charge is 0.200 e. The molecule has 5 aromatic rings. The Kier molecular flexibility index (Phi) is 25.3. The van der Waals surface area contributed by atoms with Crippen LogP contribution in [-0.4, -0.2) is 55.1 Å². The summed E-state index contributed by atoms with van der Waals surface area (Å²) in [7, 11) is 2.99. The van der Waals surface area contributed by atoms with E-state index in [0.717, 1.165) is 55.9 Å². The second-order valence-corrected chi connectivity index (χ2v) is 24.0. The Balaban J connectivity index is 0.000000444. The molecule has 0 aliphatic carbocycles. The van der Waals surface area contributed by atoms with Crippen molar-refractivity contribution in [2.75, 3.05) is 14.2 Å². The topological polar surface area (TPSA) is 180 Å². The maximum absolute atomic E-state index is 13.4. The first kappa shape index (κ1) is 65.2. The zero-order chi connectivity index (χ0) is 55.2. The zero-order valence-corrected chi connectivity index (χ0v) is 51.3. The van der Waals surface area contributed by atoms with Gasteiger partial charge in [0.05, 0.1) is 24.9 Å². The molecular weight excluding hydrogens is 1240 g/mol. The maximum atomic E-state index is 13.4. The summed E-state index contributed by atoms with van der Waals surface area (Å²) in [6, 6.07) is 19.3. The summed E-state index contributed by atoms with van der Waals surface area (Å²) in [5.41, 5.74) is 5.29. The molecule has 0 aliphatic rings. The lowest BCUT2D eigenvalue weighted by molar-refractivity contribution is 0.353. The number of phenols is 8. The van der Waals surface area contributed by atoms with E-state index in [-0.39, 0.29) is 61.6 Å². The lowest BCUT2D eigenvalue weighted by Crippen LogP contribution is -2.15. The quantitative estimate of drug-likeness (QED) is 0.0443. The highest BCUT2D eigenvalue weighted by Gasteiger charge is 2.25. The molecule has 396 valence electrons. The minimum absolute atomic E-state index is 0.0266. The summed E-state index contributed by atoms with van der Waals surface area (Å²) in [6.07, 6.45) is 4.93. The third-order valence-electron chi connectivity index (χ3n) is 13.9. The number of hydrogen-bond acceptors (Lipinski definition) is 10. The fourth-order valence-electron chi connectivity index (χ4n) is 6.16. The van der Waals surface area contributed by atoms with Crippen molar-refractivity contribution in [3.8, 4) is 57.5 Å². The Bertz CT molecular complexity index is 2330. The molecule has 10 nitrogen and oxygen atoms in total. The van der Waals surface area contributed by atoms with Crippen LogP contribution in [0.4, 0.5) is 4.39 Å². The molecule has 0 aliphatic heterocycles. The van der Waals surface area contributed by atoms with Crippen molar-refractivity contribution in [2.24, 2.45) is 0 Å². The van der Waals surface area contributed by atoms with Crippen LogP contribution in [0.25, 0.3) is 0 Å². The van der Waals surface area contributed by atoms with Gasteiger partial charge in [-0.05, 0) is 215 Å². The molecule has 0 saturated carbocycles. The minimum Gasteiger partial charge on any atom is -0.507 e. The van der Waals surface area contributed by atoms with Crippen LogP contribution < -0.4 is 9.47 Å². The van der Waals surface area contributed by atoms with Crippen molar-refractivity contribution in [1.29, 1.82) is 0 Å². The number of aromatic hydroxyl groups is 8. The van der Waals surface area contributed by atoms with Gasteiger partial charge >= 0.3 is 0 Å². The highest BCUT2D eigenvalue weighted by atomic mass is 127. The molecule has 0 unspecified atom stereocenters. The monoisotopic (exact) mass is 1320 g/mol. The van der Waals surface area contributed by atoms with Gasteiger partial charge in [0, 0.05) is 0 Å². The van der Waals surface area contributed by atoms with Crippen molar-refractivity contribution < 1.29 is 54.7 Å². The lowest BCUT2D eigenvalue weighted by atomic mass is 9.82. The molecule has 5 rings (SSSR count). The van der Waals surface area contributed by atoms with Gasteiger partial charge < -0.3 is 50.3 Å². The third kappa shape index (κ3) is 18.3. The van der Waals surface area contributed by atoms with E-state index >= 15 is 0 Å². The maximum Gasteiger partial charge on any atom is 0.200 e. The Labute approximate surface area is 464 Å². The van der Waals surface area contributed by atoms with Gasteiger partial charge in [-0.1, -0.05) is 110 Å². The fraction of sp³-hybridized carbons (Fsp3) is 0.474. The van der Waals surface area contributed by atoms with E-state index in [4.69, 9.17) is 14.6 Å². The molecule has 14 heteroatoms. The summed E-state index contributed by atoms with van der Waals surface area (Å²) in [6.45, 7) is 31.6. The highest BCUT2D eigenvalue weighted by molar-refractivity contribution is 14.1. The van der Waals surface area contributed by atoms with Gasteiger partial charge in [-0.2, -0.15) is 0 Å². The molecule has 0 amide bonds. The van der Waals surface area contributed by atoms with Crippen LogP contribution in [0.2, 0.25) is 0 Å². The van der Waals surface area contributed by atoms with Crippen LogP contribution in [0.1, 0.15) is 164 Å². The number of benzene rings is 5. The van der Waals surface area contributed by atoms with E-state index in [9.17, 15) is 40.1 Å². The first-order chi connectivity index (χ1) is 32.6. The van der Waals surface area contributed by atoms with Crippen molar-refractivity contribution in [3.05, 3.63) is 111 Å². The van der Waals surface area contributed by atoms with E-state index < -0.39 is 17.3 Å². The summed E-state index contributed by atoms with van der Waals surface area (Å²) >= 11 is 6.30. The summed E-state index contributed by atoms with van der Waals surface area (Å²) < 4.78 is 25.9. The van der Waals surface area contributed by atoms with Gasteiger partial charge in [-0.15, -0.1) is 0 Å².